The Morgan fingerprint density at radius 3 is 1.96 bits per heavy atom. The number of hydrogen-bond donors (Lipinski definition) is 1. The number of carbonyl (C=O) groups is 1. The first-order valence-electron chi connectivity index (χ1n) is 9.24. The fourth-order valence-electron chi connectivity index (χ4n) is 3.67. The van der Waals surface area contributed by atoms with Crippen molar-refractivity contribution in [2.75, 3.05) is 20.3 Å². The number of aliphatic hydroxyl groups excluding tert-OH is 1. The van der Waals surface area contributed by atoms with Crippen molar-refractivity contribution in [1.82, 2.24) is 0 Å². The Labute approximate surface area is 158 Å². The van der Waals surface area contributed by atoms with Crippen LogP contribution in [0.1, 0.15) is 83.3 Å². The first-order chi connectivity index (χ1) is 11.7. The number of carbonyl (C=O) groups excluding carboxylic acids is 1. The van der Waals surface area contributed by atoms with E-state index in [-0.39, 0.29) is 29.5 Å². The Kier molecular flexibility index (Phi) is 6.92. The summed E-state index contributed by atoms with van der Waals surface area (Å²) in [5, 5.41) is 8.94. The number of methoxy groups -OCH3 is 1. The quantitative estimate of drug-likeness (QED) is 0.733. The van der Waals surface area contributed by atoms with Crippen LogP contribution in [0.5, 0.6) is 5.75 Å². The van der Waals surface area contributed by atoms with Gasteiger partial charge in [-0.1, -0.05) is 55.4 Å². The van der Waals surface area contributed by atoms with Gasteiger partial charge in [0, 0.05) is 11.1 Å². The molecule has 0 aromatic heterocycles. The van der Waals surface area contributed by atoms with Crippen molar-refractivity contribution in [3.05, 3.63) is 28.8 Å². The summed E-state index contributed by atoms with van der Waals surface area (Å²) >= 11 is 0. The van der Waals surface area contributed by atoms with Crippen LogP contribution in [-0.2, 0) is 15.6 Å². The normalized spacial score (nSPS) is 12.8. The molecule has 0 aliphatic rings. The lowest BCUT2D eigenvalue weighted by molar-refractivity contribution is 0.0433. The third-order valence-corrected chi connectivity index (χ3v) is 4.36. The zero-order valence-electron chi connectivity index (χ0n) is 17.9. The fraction of sp³-hybridized carbons (Fsp3) is 0.682. The summed E-state index contributed by atoms with van der Waals surface area (Å²) in [6, 6.07) is 3.74. The highest BCUT2D eigenvalue weighted by atomic mass is 16.5. The molecule has 1 N–H and O–H groups in total. The van der Waals surface area contributed by atoms with E-state index in [0.717, 1.165) is 23.3 Å². The summed E-state index contributed by atoms with van der Waals surface area (Å²) < 4.78 is 11.0. The smallest absolute Gasteiger partial charge is 0.338 e. The van der Waals surface area contributed by atoms with Gasteiger partial charge in [0.25, 0.3) is 0 Å². The first kappa shape index (κ1) is 22.5. The van der Waals surface area contributed by atoms with Crippen molar-refractivity contribution in [3.8, 4) is 5.75 Å². The highest BCUT2D eigenvalue weighted by Gasteiger charge is 2.34. The molecule has 0 fully saturated rings. The predicted molar refractivity (Wildman–Crippen MR) is 106 cm³/mol. The van der Waals surface area contributed by atoms with Crippen LogP contribution >= 0.6 is 0 Å². The van der Waals surface area contributed by atoms with E-state index in [0.29, 0.717) is 5.56 Å². The van der Waals surface area contributed by atoms with Crippen LogP contribution < -0.4 is 4.74 Å². The molecule has 4 nitrogen and oxygen atoms in total. The second-order valence-corrected chi connectivity index (χ2v) is 9.84. The summed E-state index contributed by atoms with van der Waals surface area (Å²) in [7, 11) is 1.69. The lowest BCUT2D eigenvalue weighted by Crippen LogP contribution is -2.27. The number of rotatable bonds is 6. The van der Waals surface area contributed by atoms with Gasteiger partial charge in [-0.15, -0.1) is 0 Å². The van der Waals surface area contributed by atoms with Crippen LogP contribution in [0.25, 0.3) is 0 Å². The van der Waals surface area contributed by atoms with Crippen LogP contribution in [0.15, 0.2) is 12.1 Å². The molecule has 1 aromatic carbocycles. The molecule has 0 unspecified atom stereocenters. The molecule has 0 atom stereocenters. The molecular weight excluding hydrogens is 328 g/mol. The average Bonchev–Trinajstić information content (AvgIpc) is 2.47. The molecular formula is C22H36O4. The van der Waals surface area contributed by atoms with Crippen molar-refractivity contribution in [2.45, 2.75) is 72.6 Å². The molecule has 148 valence electrons. The second-order valence-electron chi connectivity index (χ2n) is 9.84. The molecule has 1 rings (SSSR count). The number of ether oxygens (including phenoxy) is 2. The van der Waals surface area contributed by atoms with Gasteiger partial charge >= 0.3 is 5.97 Å². The van der Waals surface area contributed by atoms with Gasteiger partial charge < -0.3 is 14.6 Å². The molecule has 0 amide bonds. The highest BCUT2D eigenvalue weighted by Crippen LogP contribution is 2.44. The van der Waals surface area contributed by atoms with Gasteiger partial charge in [-0.05, 0) is 34.8 Å². The van der Waals surface area contributed by atoms with Crippen molar-refractivity contribution in [1.29, 1.82) is 0 Å². The number of hydrogen-bond acceptors (Lipinski definition) is 4. The number of aliphatic hydroxyl groups is 1. The Bertz CT molecular complexity index is 631. The minimum atomic E-state index is -0.417. The van der Waals surface area contributed by atoms with E-state index in [1.54, 1.807) is 7.11 Å². The fourth-order valence-corrected chi connectivity index (χ4v) is 3.67. The monoisotopic (exact) mass is 364 g/mol. The summed E-state index contributed by atoms with van der Waals surface area (Å²) in [5.74, 6) is 0.422. The maximum atomic E-state index is 12.5. The van der Waals surface area contributed by atoms with E-state index in [4.69, 9.17) is 14.6 Å². The summed E-state index contributed by atoms with van der Waals surface area (Å²) in [4.78, 5) is 12.5. The van der Waals surface area contributed by atoms with Crippen molar-refractivity contribution < 1.29 is 19.4 Å². The van der Waals surface area contributed by atoms with E-state index < -0.39 is 5.97 Å². The zero-order chi connectivity index (χ0) is 20.3. The minimum Gasteiger partial charge on any atom is -0.496 e. The summed E-state index contributed by atoms with van der Waals surface area (Å²) in [5.41, 5.74) is 2.25. The van der Waals surface area contributed by atoms with Crippen molar-refractivity contribution >= 4 is 5.97 Å². The van der Waals surface area contributed by atoms with Gasteiger partial charge in [-0.3, -0.25) is 0 Å². The van der Waals surface area contributed by atoms with Crippen molar-refractivity contribution in [2.24, 2.45) is 5.41 Å². The third kappa shape index (κ3) is 5.73. The summed E-state index contributed by atoms with van der Waals surface area (Å²) in [6.07, 6.45) is 0.940. The molecule has 0 aliphatic heterocycles. The van der Waals surface area contributed by atoms with Crippen LogP contribution in [0.3, 0.4) is 0 Å². The molecule has 1 aromatic rings. The first-order valence-corrected chi connectivity index (χ1v) is 9.24. The van der Waals surface area contributed by atoms with Gasteiger partial charge in [0.1, 0.15) is 12.4 Å². The Balaban J connectivity index is 3.63. The molecule has 0 radical (unpaired) electrons. The lowest BCUT2D eigenvalue weighted by Gasteiger charge is -2.36. The molecule has 0 spiro atoms. The van der Waals surface area contributed by atoms with Crippen LogP contribution in [0, 0.1) is 5.41 Å². The van der Waals surface area contributed by atoms with Gasteiger partial charge in [0.15, 0.2) is 0 Å². The van der Waals surface area contributed by atoms with E-state index in [2.05, 4.69) is 55.4 Å². The Hall–Kier alpha value is -1.55. The molecule has 4 heteroatoms. The minimum absolute atomic E-state index is 0.00354. The third-order valence-electron chi connectivity index (χ3n) is 4.36. The average molecular weight is 365 g/mol. The van der Waals surface area contributed by atoms with E-state index >= 15 is 0 Å². The van der Waals surface area contributed by atoms with E-state index in [1.165, 1.54) is 0 Å². The Morgan fingerprint density at radius 2 is 1.54 bits per heavy atom. The topological polar surface area (TPSA) is 55.8 Å². The van der Waals surface area contributed by atoms with Gasteiger partial charge in [-0.2, -0.15) is 0 Å². The molecule has 0 heterocycles. The highest BCUT2D eigenvalue weighted by molar-refractivity contribution is 5.90. The van der Waals surface area contributed by atoms with Gasteiger partial charge in [0.05, 0.1) is 19.3 Å². The summed E-state index contributed by atoms with van der Waals surface area (Å²) in [6.45, 7) is 17.1. The number of esters is 1. The van der Waals surface area contributed by atoms with E-state index in [1.807, 2.05) is 12.1 Å². The zero-order valence-corrected chi connectivity index (χ0v) is 17.9. The number of benzene rings is 1. The molecule has 0 aliphatic carbocycles. The molecule has 0 saturated carbocycles. The molecule has 26 heavy (non-hydrogen) atoms. The lowest BCUT2D eigenvalue weighted by atomic mass is 9.70. The van der Waals surface area contributed by atoms with Crippen molar-refractivity contribution in [3.63, 3.8) is 0 Å². The van der Waals surface area contributed by atoms with E-state index in [9.17, 15) is 4.79 Å². The Morgan fingerprint density at radius 1 is 1.00 bits per heavy atom. The molecule has 0 bridgehead atoms. The van der Waals surface area contributed by atoms with Gasteiger partial charge in [0.2, 0.25) is 0 Å². The maximum Gasteiger partial charge on any atom is 0.338 e. The van der Waals surface area contributed by atoms with Crippen LogP contribution in [-0.4, -0.2) is 31.4 Å². The SMILES string of the molecule is COc1c(C(C)(C)C)cc(C(=O)OCCO)cc1C(C)(C)CC(C)(C)C. The maximum absolute atomic E-state index is 12.5. The van der Waals surface area contributed by atoms with Crippen LogP contribution in [0.4, 0.5) is 0 Å². The van der Waals surface area contributed by atoms with Gasteiger partial charge in [-0.25, -0.2) is 4.79 Å². The van der Waals surface area contributed by atoms with Crippen LogP contribution in [0.2, 0.25) is 0 Å². The molecule has 0 saturated heterocycles. The predicted octanol–water partition coefficient (Wildman–Crippen LogP) is 4.86. The standard InChI is InChI=1S/C22H36O4/c1-20(2,3)14-22(7,8)17-13-15(19(24)26-11-10-23)12-16(18(17)25-9)21(4,5)6/h12-13,23H,10-11,14H2,1-9H3. The second kappa shape index (κ2) is 7.99. The largest absolute Gasteiger partial charge is 0.496 e.